The summed E-state index contributed by atoms with van der Waals surface area (Å²) in [6.07, 6.45) is 1.79. The Morgan fingerprint density at radius 1 is 1.25 bits per heavy atom. The molecule has 0 unspecified atom stereocenters. The van der Waals surface area contributed by atoms with Gasteiger partial charge in [0, 0.05) is 6.20 Å². The van der Waals surface area contributed by atoms with Gasteiger partial charge in [0.25, 0.3) is 5.56 Å². The highest BCUT2D eigenvalue weighted by Gasteiger charge is 2.10. The van der Waals surface area contributed by atoms with E-state index in [2.05, 4.69) is 0 Å². The summed E-state index contributed by atoms with van der Waals surface area (Å²) in [5, 5.41) is 9.10. The summed E-state index contributed by atoms with van der Waals surface area (Å²) in [7, 11) is 1.61. The monoisotopic (exact) mass is 268 g/mol. The highest BCUT2D eigenvalue weighted by molar-refractivity contribution is 5.39. The molecule has 1 heterocycles. The van der Waals surface area contributed by atoms with Crippen LogP contribution < -0.4 is 10.3 Å². The molecule has 0 amide bonds. The molecule has 102 valence electrons. The lowest BCUT2D eigenvalue weighted by Gasteiger charge is -2.10. The van der Waals surface area contributed by atoms with Crippen LogP contribution in [0.1, 0.15) is 22.3 Å². The van der Waals surface area contributed by atoms with E-state index in [0.717, 1.165) is 22.4 Å². The number of nitrogens with zero attached hydrogens (tertiary/aromatic N) is 2. The van der Waals surface area contributed by atoms with E-state index in [1.54, 1.807) is 24.8 Å². The van der Waals surface area contributed by atoms with Gasteiger partial charge < -0.3 is 9.30 Å². The van der Waals surface area contributed by atoms with Crippen molar-refractivity contribution in [1.29, 1.82) is 5.26 Å². The molecule has 0 N–H and O–H groups in total. The summed E-state index contributed by atoms with van der Waals surface area (Å²) in [6, 6.07) is 9.52. The van der Waals surface area contributed by atoms with Gasteiger partial charge >= 0.3 is 0 Å². The van der Waals surface area contributed by atoms with Gasteiger partial charge in [0.15, 0.2) is 0 Å². The standard InChI is InChI=1S/C16H16N2O2/c1-11-9-18(16(19)15(8-17)12(11)2)10-13-4-6-14(20-3)7-5-13/h4-7,9H,10H2,1-3H3. The van der Waals surface area contributed by atoms with E-state index in [-0.39, 0.29) is 11.1 Å². The maximum atomic E-state index is 12.2. The van der Waals surface area contributed by atoms with Crippen LogP contribution in [-0.4, -0.2) is 11.7 Å². The molecule has 0 saturated carbocycles. The second kappa shape index (κ2) is 5.62. The lowest BCUT2D eigenvalue weighted by Crippen LogP contribution is -2.24. The predicted molar refractivity (Wildman–Crippen MR) is 77.0 cm³/mol. The molecule has 0 aliphatic rings. The average Bonchev–Trinajstić information content (AvgIpc) is 2.46. The zero-order valence-electron chi connectivity index (χ0n) is 11.8. The van der Waals surface area contributed by atoms with Crippen molar-refractivity contribution in [2.24, 2.45) is 0 Å². The van der Waals surface area contributed by atoms with Gasteiger partial charge in [-0.05, 0) is 42.7 Å². The fourth-order valence-corrected chi connectivity index (χ4v) is 2.07. The van der Waals surface area contributed by atoms with Crippen LogP contribution in [-0.2, 0) is 6.54 Å². The summed E-state index contributed by atoms with van der Waals surface area (Å²) < 4.78 is 6.67. The average molecular weight is 268 g/mol. The summed E-state index contributed by atoms with van der Waals surface area (Å²) >= 11 is 0. The van der Waals surface area contributed by atoms with Crippen LogP contribution in [0, 0.1) is 25.2 Å². The van der Waals surface area contributed by atoms with E-state index in [0.29, 0.717) is 6.54 Å². The first-order valence-electron chi connectivity index (χ1n) is 6.30. The number of pyridine rings is 1. The molecule has 0 aliphatic carbocycles. The zero-order valence-corrected chi connectivity index (χ0v) is 11.8. The van der Waals surface area contributed by atoms with Crippen molar-refractivity contribution < 1.29 is 4.74 Å². The van der Waals surface area contributed by atoms with Gasteiger partial charge in [-0.25, -0.2) is 0 Å². The van der Waals surface area contributed by atoms with Crippen LogP contribution >= 0.6 is 0 Å². The van der Waals surface area contributed by atoms with Crippen molar-refractivity contribution in [2.75, 3.05) is 7.11 Å². The van der Waals surface area contributed by atoms with Crippen LogP contribution in [0.15, 0.2) is 35.3 Å². The number of methoxy groups -OCH3 is 1. The molecule has 4 heteroatoms. The van der Waals surface area contributed by atoms with Crippen LogP contribution in [0.2, 0.25) is 0 Å². The van der Waals surface area contributed by atoms with Crippen LogP contribution in [0.3, 0.4) is 0 Å². The number of rotatable bonds is 3. The maximum absolute atomic E-state index is 12.2. The molecule has 0 radical (unpaired) electrons. The Labute approximate surface area is 117 Å². The molecule has 0 atom stereocenters. The molecule has 20 heavy (non-hydrogen) atoms. The van der Waals surface area contributed by atoms with Crippen molar-refractivity contribution in [1.82, 2.24) is 4.57 Å². The molecule has 2 aromatic rings. The summed E-state index contributed by atoms with van der Waals surface area (Å²) in [5.74, 6) is 0.777. The largest absolute Gasteiger partial charge is 0.497 e. The molecular formula is C16H16N2O2. The third kappa shape index (κ3) is 2.57. The topological polar surface area (TPSA) is 55.0 Å². The maximum Gasteiger partial charge on any atom is 0.269 e. The number of nitriles is 1. The molecule has 2 rings (SSSR count). The molecule has 0 bridgehead atoms. The van der Waals surface area contributed by atoms with E-state index in [1.165, 1.54) is 0 Å². The van der Waals surface area contributed by atoms with E-state index < -0.39 is 0 Å². The first-order chi connectivity index (χ1) is 9.56. The number of hydrogen-bond acceptors (Lipinski definition) is 3. The van der Waals surface area contributed by atoms with E-state index in [4.69, 9.17) is 10.00 Å². The van der Waals surface area contributed by atoms with E-state index in [9.17, 15) is 4.79 Å². The molecule has 1 aromatic heterocycles. The van der Waals surface area contributed by atoms with Gasteiger partial charge in [0.1, 0.15) is 17.4 Å². The van der Waals surface area contributed by atoms with Crippen LogP contribution in [0.25, 0.3) is 0 Å². The van der Waals surface area contributed by atoms with Crippen molar-refractivity contribution in [3.63, 3.8) is 0 Å². The molecule has 1 aromatic carbocycles. The Balaban J connectivity index is 2.41. The first-order valence-corrected chi connectivity index (χ1v) is 6.30. The quantitative estimate of drug-likeness (QED) is 0.859. The highest BCUT2D eigenvalue weighted by Crippen LogP contribution is 2.13. The SMILES string of the molecule is COc1ccc(Cn2cc(C)c(C)c(C#N)c2=O)cc1. The highest BCUT2D eigenvalue weighted by atomic mass is 16.5. The lowest BCUT2D eigenvalue weighted by atomic mass is 10.1. The van der Waals surface area contributed by atoms with Crippen LogP contribution in [0.4, 0.5) is 0 Å². The number of hydrogen-bond donors (Lipinski definition) is 0. The Bertz CT molecular complexity index is 722. The van der Waals surface area contributed by atoms with Gasteiger partial charge in [0.05, 0.1) is 13.7 Å². The molecule has 0 fully saturated rings. The third-order valence-corrected chi connectivity index (χ3v) is 3.41. The normalized spacial score (nSPS) is 10.1. The third-order valence-electron chi connectivity index (χ3n) is 3.41. The van der Waals surface area contributed by atoms with Crippen molar-refractivity contribution in [3.05, 3.63) is 63.1 Å². The molecule has 0 aliphatic heterocycles. The van der Waals surface area contributed by atoms with E-state index in [1.807, 2.05) is 37.3 Å². The van der Waals surface area contributed by atoms with Crippen molar-refractivity contribution >= 4 is 0 Å². The number of benzene rings is 1. The van der Waals surface area contributed by atoms with Crippen molar-refractivity contribution in [2.45, 2.75) is 20.4 Å². The van der Waals surface area contributed by atoms with Gasteiger partial charge in [-0.15, -0.1) is 0 Å². The summed E-state index contributed by atoms with van der Waals surface area (Å²) in [5.41, 5.74) is 2.66. The number of aromatic nitrogens is 1. The van der Waals surface area contributed by atoms with Gasteiger partial charge in [-0.3, -0.25) is 4.79 Å². The summed E-state index contributed by atoms with van der Waals surface area (Å²) in [6.45, 7) is 4.14. The van der Waals surface area contributed by atoms with Crippen molar-refractivity contribution in [3.8, 4) is 11.8 Å². The minimum Gasteiger partial charge on any atom is -0.497 e. The Morgan fingerprint density at radius 2 is 1.90 bits per heavy atom. The minimum atomic E-state index is -0.244. The number of aryl methyl sites for hydroxylation is 1. The van der Waals surface area contributed by atoms with Gasteiger partial charge in [-0.1, -0.05) is 12.1 Å². The Kier molecular flexibility index (Phi) is 3.90. The predicted octanol–water partition coefficient (Wildman–Crippen LogP) is 2.39. The van der Waals surface area contributed by atoms with Gasteiger partial charge in [0.2, 0.25) is 0 Å². The lowest BCUT2D eigenvalue weighted by molar-refractivity contribution is 0.414. The van der Waals surface area contributed by atoms with E-state index >= 15 is 0 Å². The smallest absolute Gasteiger partial charge is 0.269 e. The second-order valence-corrected chi connectivity index (χ2v) is 4.71. The molecule has 0 saturated heterocycles. The zero-order chi connectivity index (χ0) is 14.7. The Hall–Kier alpha value is -2.54. The fourth-order valence-electron chi connectivity index (χ4n) is 2.07. The molecule has 0 spiro atoms. The molecular weight excluding hydrogens is 252 g/mol. The minimum absolute atomic E-state index is 0.221. The second-order valence-electron chi connectivity index (χ2n) is 4.71. The fraction of sp³-hybridized carbons (Fsp3) is 0.250. The Morgan fingerprint density at radius 3 is 2.45 bits per heavy atom. The summed E-state index contributed by atoms with van der Waals surface area (Å²) in [4.78, 5) is 12.2. The number of ether oxygens (including phenoxy) is 1. The molecule has 4 nitrogen and oxygen atoms in total. The first kappa shape index (κ1) is 13.9. The van der Waals surface area contributed by atoms with Gasteiger partial charge in [-0.2, -0.15) is 5.26 Å². The van der Waals surface area contributed by atoms with Crippen LogP contribution in [0.5, 0.6) is 5.75 Å².